The van der Waals surface area contributed by atoms with Crippen LogP contribution in [-0.4, -0.2) is 38.4 Å². The van der Waals surface area contributed by atoms with E-state index in [2.05, 4.69) is 10.1 Å². The molecule has 124 valence electrons. The molecule has 0 saturated heterocycles. The Labute approximate surface area is 140 Å². The molecule has 2 aromatic carbocycles. The second-order valence-corrected chi connectivity index (χ2v) is 5.71. The highest BCUT2D eigenvalue weighted by Gasteiger charge is 2.13. The molecule has 1 aromatic heterocycles. The summed E-state index contributed by atoms with van der Waals surface area (Å²) in [5.41, 5.74) is 1.64. The van der Waals surface area contributed by atoms with E-state index in [1.165, 1.54) is 12.1 Å². The number of aromatic nitrogens is 3. The first-order valence-electron chi connectivity index (χ1n) is 7.70. The van der Waals surface area contributed by atoms with Crippen molar-refractivity contribution < 1.29 is 9.50 Å². The van der Waals surface area contributed by atoms with Crippen molar-refractivity contribution in [3.63, 3.8) is 0 Å². The van der Waals surface area contributed by atoms with Crippen LogP contribution >= 0.6 is 0 Å². The van der Waals surface area contributed by atoms with Crippen LogP contribution in [0.2, 0.25) is 0 Å². The van der Waals surface area contributed by atoms with Gasteiger partial charge in [0.05, 0.1) is 18.3 Å². The molecule has 0 aliphatic heterocycles. The van der Waals surface area contributed by atoms with E-state index >= 15 is 0 Å². The van der Waals surface area contributed by atoms with Crippen LogP contribution in [0, 0.1) is 5.82 Å². The number of benzene rings is 2. The highest BCUT2D eigenvalue weighted by Crippen LogP contribution is 2.15. The van der Waals surface area contributed by atoms with Gasteiger partial charge in [0.1, 0.15) is 12.1 Å². The van der Waals surface area contributed by atoms with Crippen LogP contribution in [0.25, 0.3) is 5.69 Å². The summed E-state index contributed by atoms with van der Waals surface area (Å²) >= 11 is 0. The van der Waals surface area contributed by atoms with Crippen LogP contribution < -0.4 is 0 Å². The van der Waals surface area contributed by atoms with Gasteiger partial charge in [-0.1, -0.05) is 30.3 Å². The monoisotopic (exact) mass is 326 g/mol. The third-order valence-corrected chi connectivity index (χ3v) is 3.71. The molecule has 0 aliphatic carbocycles. The number of nitrogens with zero attached hydrogens (tertiary/aromatic N) is 4. The summed E-state index contributed by atoms with van der Waals surface area (Å²) in [4.78, 5) is 6.23. The van der Waals surface area contributed by atoms with Gasteiger partial charge in [-0.05, 0) is 36.9 Å². The summed E-state index contributed by atoms with van der Waals surface area (Å²) in [5, 5.41) is 14.7. The van der Waals surface area contributed by atoms with Gasteiger partial charge in [-0.15, -0.1) is 5.10 Å². The molecule has 3 rings (SSSR count). The molecule has 1 atom stereocenters. The van der Waals surface area contributed by atoms with Crippen LogP contribution in [0.1, 0.15) is 17.5 Å². The fourth-order valence-electron chi connectivity index (χ4n) is 2.47. The smallest absolute Gasteiger partial charge is 0.164 e. The lowest BCUT2D eigenvalue weighted by Gasteiger charge is -2.19. The minimum absolute atomic E-state index is 0.310. The predicted octanol–water partition coefficient (Wildman–Crippen LogP) is 2.57. The summed E-state index contributed by atoms with van der Waals surface area (Å²) in [6.45, 7) is 0.920. The van der Waals surface area contributed by atoms with Crippen molar-refractivity contribution in [3.8, 4) is 5.69 Å². The van der Waals surface area contributed by atoms with Crippen LogP contribution in [0.5, 0.6) is 0 Å². The largest absolute Gasteiger partial charge is 0.387 e. The minimum Gasteiger partial charge on any atom is -0.387 e. The van der Waals surface area contributed by atoms with Crippen molar-refractivity contribution in [2.75, 3.05) is 13.6 Å². The van der Waals surface area contributed by atoms with E-state index in [0.29, 0.717) is 24.5 Å². The SMILES string of the molecule is CN(Cc1ncn(-c2ccccc2)n1)C[C@H](O)c1ccc(F)cc1. The van der Waals surface area contributed by atoms with Crippen molar-refractivity contribution in [2.45, 2.75) is 12.6 Å². The lowest BCUT2D eigenvalue weighted by molar-refractivity contribution is 0.122. The first-order chi connectivity index (χ1) is 11.6. The standard InChI is InChI=1S/C18H19FN4O/c1-22(11-17(24)14-7-9-15(19)10-8-14)12-18-20-13-23(21-18)16-5-3-2-4-6-16/h2-10,13,17,24H,11-12H2,1H3/t17-/m0/s1. The lowest BCUT2D eigenvalue weighted by Crippen LogP contribution is -2.24. The van der Waals surface area contributed by atoms with Gasteiger partial charge in [-0.2, -0.15) is 0 Å². The predicted molar refractivity (Wildman–Crippen MR) is 89.1 cm³/mol. The Hall–Kier alpha value is -2.57. The zero-order valence-electron chi connectivity index (χ0n) is 13.4. The van der Waals surface area contributed by atoms with Crippen LogP contribution in [0.15, 0.2) is 60.9 Å². The van der Waals surface area contributed by atoms with E-state index in [9.17, 15) is 9.50 Å². The summed E-state index contributed by atoms with van der Waals surface area (Å²) in [6, 6.07) is 15.6. The quantitative estimate of drug-likeness (QED) is 0.756. The van der Waals surface area contributed by atoms with Gasteiger partial charge in [0.25, 0.3) is 0 Å². The lowest BCUT2D eigenvalue weighted by atomic mass is 10.1. The first kappa shape index (κ1) is 16.3. The maximum absolute atomic E-state index is 12.9. The van der Waals surface area contributed by atoms with Gasteiger partial charge in [0, 0.05) is 6.54 Å². The number of para-hydroxylation sites is 1. The molecule has 0 spiro atoms. The molecule has 0 unspecified atom stereocenters. The number of likely N-dealkylation sites (N-methyl/N-ethyl adjacent to an activating group) is 1. The van der Waals surface area contributed by atoms with Gasteiger partial charge < -0.3 is 5.11 Å². The number of halogens is 1. The maximum atomic E-state index is 12.9. The van der Waals surface area contributed by atoms with Crippen LogP contribution in [0.3, 0.4) is 0 Å². The van der Waals surface area contributed by atoms with E-state index in [1.54, 1.807) is 23.1 Å². The van der Waals surface area contributed by atoms with Gasteiger partial charge in [-0.25, -0.2) is 14.1 Å². The third-order valence-electron chi connectivity index (χ3n) is 3.71. The highest BCUT2D eigenvalue weighted by molar-refractivity contribution is 5.29. The summed E-state index contributed by atoms with van der Waals surface area (Å²) in [5.74, 6) is 0.364. The topological polar surface area (TPSA) is 54.2 Å². The number of hydrogen-bond donors (Lipinski definition) is 1. The Morgan fingerprint density at radius 3 is 2.54 bits per heavy atom. The van der Waals surface area contributed by atoms with Gasteiger partial charge >= 0.3 is 0 Å². The number of hydrogen-bond acceptors (Lipinski definition) is 4. The normalized spacial score (nSPS) is 12.5. The molecule has 0 amide bonds. The van der Waals surface area contributed by atoms with Gasteiger partial charge in [-0.3, -0.25) is 4.90 Å². The zero-order chi connectivity index (χ0) is 16.9. The molecule has 0 radical (unpaired) electrons. The highest BCUT2D eigenvalue weighted by atomic mass is 19.1. The molecule has 1 N–H and O–H groups in total. The van der Waals surface area contributed by atoms with Gasteiger partial charge in [0.15, 0.2) is 5.82 Å². The summed E-state index contributed by atoms with van der Waals surface area (Å²) in [6.07, 6.45) is 0.987. The van der Waals surface area contributed by atoms with Crippen molar-refractivity contribution in [3.05, 3.63) is 78.1 Å². The molecular weight excluding hydrogens is 307 g/mol. The van der Waals surface area contributed by atoms with E-state index in [0.717, 1.165) is 5.69 Å². The zero-order valence-corrected chi connectivity index (χ0v) is 13.4. The molecule has 24 heavy (non-hydrogen) atoms. The summed E-state index contributed by atoms with van der Waals surface area (Å²) in [7, 11) is 1.88. The molecule has 1 heterocycles. The van der Waals surface area contributed by atoms with Crippen molar-refractivity contribution in [2.24, 2.45) is 0 Å². The number of rotatable bonds is 6. The molecule has 6 heteroatoms. The Balaban J connectivity index is 1.60. The Kier molecular flexibility index (Phi) is 4.98. The Morgan fingerprint density at radius 1 is 1.12 bits per heavy atom. The van der Waals surface area contributed by atoms with Crippen LogP contribution in [-0.2, 0) is 6.54 Å². The number of aliphatic hydroxyl groups is 1. The van der Waals surface area contributed by atoms with Crippen LogP contribution in [0.4, 0.5) is 4.39 Å². The second kappa shape index (κ2) is 7.33. The fourth-order valence-corrected chi connectivity index (χ4v) is 2.47. The molecule has 0 fully saturated rings. The minimum atomic E-state index is -0.688. The van der Waals surface area contributed by atoms with E-state index in [-0.39, 0.29) is 5.82 Å². The molecular formula is C18H19FN4O. The fraction of sp³-hybridized carbons (Fsp3) is 0.222. The maximum Gasteiger partial charge on any atom is 0.164 e. The Morgan fingerprint density at radius 2 is 1.83 bits per heavy atom. The van der Waals surface area contributed by atoms with E-state index < -0.39 is 6.10 Å². The third kappa shape index (κ3) is 4.04. The number of aliphatic hydroxyl groups excluding tert-OH is 1. The van der Waals surface area contributed by atoms with Crippen molar-refractivity contribution in [1.82, 2.24) is 19.7 Å². The Bertz CT molecular complexity index is 773. The second-order valence-electron chi connectivity index (χ2n) is 5.71. The van der Waals surface area contributed by atoms with Gasteiger partial charge in [0.2, 0.25) is 0 Å². The molecule has 5 nitrogen and oxygen atoms in total. The first-order valence-corrected chi connectivity index (χ1v) is 7.70. The average Bonchev–Trinajstić information content (AvgIpc) is 3.04. The summed E-state index contributed by atoms with van der Waals surface area (Å²) < 4.78 is 14.7. The molecule has 0 bridgehead atoms. The van der Waals surface area contributed by atoms with Crippen molar-refractivity contribution in [1.29, 1.82) is 0 Å². The van der Waals surface area contributed by atoms with Crippen molar-refractivity contribution >= 4 is 0 Å². The molecule has 3 aromatic rings. The van der Waals surface area contributed by atoms with E-state index in [4.69, 9.17) is 0 Å². The average molecular weight is 326 g/mol. The van der Waals surface area contributed by atoms with E-state index in [1.807, 2.05) is 42.3 Å². The molecule has 0 saturated carbocycles. The molecule has 0 aliphatic rings.